The Morgan fingerprint density at radius 3 is 1.94 bits per heavy atom. The molecule has 0 saturated carbocycles. The van der Waals surface area contributed by atoms with Crippen molar-refractivity contribution < 1.29 is 14.2 Å². The summed E-state index contributed by atoms with van der Waals surface area (Å²) in [5.41, 5.74) is 2.49. The van der Waals surface area contributed by atoms with Gasteiger partial charge in [-0.05, 0) is 48.5 Å². The third-order valence-corrected chi connectivity index (χ3v) is 5.33. The van der Waals surface area contributed by atoms with Gasteiger partial charge in [0.05, 0.1) is 34.0 Å². The average Bonchev–Trinajstić information content (AvgIpc) is 2.84. The Balaban J connectivity index is 1.71. The predicted octanol–water partition coefficient (Wildman–Crippen LogP) is 2.32. The largest absolute Gasteiger partial charge is 0.497 e. The molecule has 162 valence electrons. The van der Waals surface area contributed by atoms with Crippen molar-refractivity contribution in [2.24, 2.45) is 0 Å². The lowest BCUT2D eigenvalue weighted by atomic mass is 10.0. The lowest BCUT2D eigenvalue weighted by Gasteiger charge is -2.26. The maximum absolute atomic E-state index is 12.8. The molecule has 8 nitrogen and oxygen atoms in total. The van der Waals surface area contributed by atoms with Crippen LogP contribution in [0.4, 0.5) is 0 Å². The first-order chi connectivity index (χ1) is 15.2. The van der Waals surface area contributed by atoms with Crippen LogP contribution in [0.15, 0.2) is 53.3 Å². The van der Waals surface area contributed by atoms with Gasteiger partial charge in [0.2, 0.25) is 0 Å². The van der Waals surface area contributed by atoms with E-state index in [-0.39, 0.29) is 5.69 Å². The van der Waals surface area contributed by atoms with Crippen molar-refractivity contribution in [1.82, 2.24) is 19.7 Å². The van der Waals surface area contributed by atoms with Gasteiger partial charge in [-0.1, -0.05) is 0 Å². The minimum absolute atomic E-state index is 0.365. The number of morpholine rings is 1. The number of nitrogens with zero attached hydrogens (tertiary/aromatic N) is 4. The molecule has 0 unspecified atom stereocenters. The Bertz CT molecular complexity index is 1060. The van der Waals surface area contributed by atoms with E-state index in [0.29, 0.717) is 31.1 Å². The van der Waals surface area contributed by atoms with Gasteiger partial charge >= 0.3 is 5.69 Å². The van der Waals surface area contributed by atoms with Crippen molar-refractivity contribution in [2.45, 2.75) is 6.54 Å². The van der Waals surface area contributed by atoms with Crippen molar-refractivity contribution in [3.05, 3.63) is 59.0 Å². The second-order valence-electron chi connectivity index (χ2n) is 7.23. The van der Waals surface area contributed by atoms with Crippen LogP contribution in [0.25, 0.3) is 22.5 Å². The molecule has 3 aromatic rings. The molecule has 1 aliphatic heterocycles. The Kier molecular flexibility index (Phi) is 6.59. The fraction of sp³-hybridized carbons (Fsp3) is 0.348. The highest BCUT2D eigenvalue weighted by atomic mass is 16.5. The third kappa shape index (κ3) is 4.92. The zero-order chi connectivity index (χ0) is 21.6. The van der Waals surface area contributed by atoms with E-state index in [1.807, 2.05) is 48.5 Å². The highest BCUT2D eigenvalue weighted by Crippen LogP contribution is 2.29. The highest BCUT2D eigenvalue weighted by Gasteiger charge is 2.17. The Labute approximate surface area is 181 Å². The number of aromatic nitrogens is 3. The summed E-state index contributed by atoms with van der Waals surface area (Å²) in [6.45, 7) is 4.34. The molecule has 2 aromatic carbocycles. The molecule has 0 atom stereocenters. The SMILES string of the molecule is COc1ccc(-c2nc(=O)n(CCN3CCOCC3)nc2-c2ccc(OC)cc2)cc1. The first-order valence-corrected chi connectivity index (χ1v) is 10.3. The van der Waals surface area contributed by atoms with Crippen LogP contribution in [-0.4, -0.2) is 66.7 Å². The molecule has 1 aliphatic rings. The maximum Gasteiger partial charge on any atom is 0.364 e. The average molecular weight is 422 g/mol. The van der Waals surface area contributed by atoms with Crippen LogP contribution in [0, 0.1) is 0 Å². The molecular formula is C23H26N4O4. The minimum Gasteiger partial charge on any atom is -0.497 e. The van der Waals surface area contributed by atoms with Crippen LogP contribution in [-0.2, 0) is 11.3 Å². The topological polar surface area (TPSA) is 78.7 Å². The summed E-state index contributed by atoms with van der Waals surface area (Å²) in [5, 5.41) is 4.71. The van der Waals surface area contributed by atoms with Crippen molar-refractivity contribution in [1.29, 1.82) is 0 Å². The van der Waals surface area contributed by atoms with E-state index < -0.39 is 0 Å². The normalized spacial score (nSPS) is 14.4. The Hall–Kier alpha value is -3.23. The van der Waals surface area contributed by atoms with Crippen molar-refractivity contribution in [3.8, 4) is 34.0 Å². The molecule has 0 radical (unpaired) electrons. The van der Waals surface area contributed by atoms with Gasteiger partial charge in [0, 0.05) is 30.8 Å². The van der Waals surface area contributed by atoms with Gasteiger partial charge in [0.15, 0.2) is 0 Å². The van der Waals surface area contributed by atoms with Crippen molar-refractivity contribution in [2.75, 3.05) is 47.1 Å². The summed E-state index contributed by atoms with van der Waals surface area (Å²) in [7, 11) is 3.25. The van der Waals surface area contributed by atoms with Gasteiger partial charge in [0.1, 0.15) is 22.9 Å². The minimum atomic E-state index is -0.365. The molecular weight excluding hydrogens is 396 g/mol. The van der Waals surface area contributed by atoms with E-state index in [1.54, 1.807) is 14.2 Å². The zero-order valence-electron chi connectivity index (χ0n) is 17.8. The van der Waals surface area contributed by atoms with Crippen LogP contribution >= 0.6 is 0 Å². The van der Waals surface area contributed by atoms with Crippen LogP contribution in [0.2, 0.25) is 0 Å². The summed E-state index contributed by atoms with van der Waals surface area (Å²) in [6.07, 6.45) is 0. The molecule has 1 fully saturated rings. The molecule has 31 heavy (non-hydrogen) atoms. The summed E-state index contributed by atoms with van der Waals surface area (Å²) < 4.78 is 17.4. The predicted molar refractivity (Wildman–Crippen MR) is 118 cm³/mol. The molecule has 0 amide bonds. The number of methoxy groups -OCH3 is 2. The van der Waals surface area contributed by atoms with E-state index >= 15 is 0 Å². The van der Waals surface area contributed by atoms with Gasteiger partial charge in [-0.3, -0.25) is 4.90 Å². The van der Waals surface area contributed by atoms with E-state index in [4.69, 9.17) is 19.3 Å². The highest BCUT2D eigenvalue weighted by molar-refractivity contribution is 5.77. The van der Waals surface area contributed by atoms with E-state index in [0.717, 1.165) is 42.3 Å². The number of rotatable bonds is 7. The fourth-order valence-corrected chi connectivity index (χ4v) is 3.52. The summed E-state index contributed by atoms with van der Waals surface area (Å²) >= 11 is 0. The quantitative estimate of drug-likeness (QED) is 0.578. The lowest BCUT2D eigenvalue weighted by Crippen LogP contribution is -2.40. The van der Waals surface area contributed by atoms with Crippen LogP contribution in [0.1, 0.15) is 0 Å². The number of hydrogen-bond donors (Lipinski definition) is 0. The van der Waals surface area contributed by atoms with Crippen LogP contribution in [0.5, 0.6) is 11.5 Å². The molecule has 0 spiro atoms. The molecule has 1 aromatic heterocycles. The van der Waals surface area contributed by atoms with Crippen molar-refractivity contribution >= 4 is 0 Å². The summed E-state index contributed by atoms with van der Waals surface area (Å²) in [4.78, 5) is 19.5. The van der Waals surface area contributed by atoms with Crippen molar-refractivity contribution in [3.63, 3.8) is 0 Å². The Morgan fingerprint density at radius 2 is 1.39 bits per heavy atom. The lowest BCUT2D eigenvalue weighted by molar-refractivity contribution is 0.0357. The molecule has 2 heterocycles. The molecule has 4 rings (SSSR count). The van der Waals surface area contributed by atoms with Gasteiger partial charge in [-0.25, -0.2) is 9.48 Å². The van der Waals surface area contributed by atoms with Gasteiger partial charge < -0.3 is 14.2 Å². The summed E-state index contributed by atoms with van der Waals surface area (Å²) in [6, 6.07) is 15.0. The zero-order valence-corrected chi connectivity index (χ0v) is 17.8. The van der Waals surface area contributed by atoms with Gasteiger partial charge in [0.25, 0.3) is 0 Å². The van der Waals surface area contributed by atoms with Gasteiger partial charge in [-0.2, -0.15) is 10.1 Å². The second-order valence-corrected chi connectivity index (χ2v) is 7.23. The Morgan fingerprint density at radius 1 is 0.839 bits per heavy atom. The second kappa shape index (κ2) is 9.72. The van der Waals surface area contributed by atoms with Gasteiger partial charge in [-0.15, -0.1) is 0 Å². The number of benzene rings is 2. The molecule has 0 bridgehead atoms. The number of hydrogen-bond acceptors (Lipinski definition) is 7. The van der Waals surface area contributed by atoms with E-state index in [1.165, 1.54) is 4.68 Å². The first-order valence-electron chi connectivity index (χ1n) is 10.3. The number of ether oxygens (including phenoxy) is 3. The summed E-state index contributed by atoms with van der Waals surface area (Å²) in [5.74, 6) is 1.49. The van der Waals surface area contributed by atoms with E-state index in [9.17, 15) is 4.79 Å². The third-order valence-electron chi connectivity index (χ3n) is 5.33. The molecule has 1 saturated heterocycles. The molecule has 0 aliphatic carbocycles. The molecule has 8 heteroatoms. The fourth-order valence-electron chi connectivity index (χ4n) is 3.52. The van der Waals surface area contributed by atoms with Crippen LogP contribution in [0.3, 0.4) is 0 Å². The van der Waals surface area contributed by atoms with Crippen LogP contribution < -0.4 is 15.2 Å². The van der Waals surface area contributed by atoms with E-state index in [2.05, 4.69) is 9.88 Å². The monoisotopic (exact) mass is 422 g/mol. The smallest absolute Gasteiger partial charge is 0.364 e. The molecule has 0 N–H and O–H groups in total. The maximum atomic E-state index is 12.8. The first kappa shape index (κ1) is 21.0. The standard InChI is InChI=1S/C23H26N4O4/c1-29-19-7-3-17(4-8-19)21-22(18-5-9-20(30-2)10-6-18)25-27(23(28)24-21)12-11-26-13-15-31-16-14-26/h3-10H,11-16H2,1-2H3.